The molecule has 100 valence electrons. The SMILES string of the molecule is NNC(CCc1ccco1)/C1=C/CCCCCC1. The van der Waals surface area contributed by atoms with E-state index in [0.717, 1.165) is 18.6 Å². The third-order valence-electron chi connectivity index (χ3n) is 3.73. The average molecular weight is 248 g/mol. The Morgan fingerprint density at radius 2 is 2.17 bits per heavy atom. The van der Waals surface area contributed by atoms with Gasteiger partial charge in [-0.1, -0.05) is 24.5 Å². The topological polar surface area (TPSA) is 51.2 Å². The molecule has 0 saturated heterocycles. The summed E-state index contributed by atoms with van der Waals surface area (Å²) in [5.41, 5.74) is 4.46. The highest BCUT2D eigenvalue weighted by molar-refractivity contribution is 5.12. The third-order valence-corrected chi connectivity index (χ3v) is 3.73. The number of nitrogens with one attached hydrogen (secondary N) is 1. The highest BCUT2D eigenvalue weighted by Gasteiger charge is 2.14. The van der Waals surface area contributed by atoms with E-state index in [4.69, 9.17) is 10.3 Å². The van der Waals surface area contributed by atoms with Crippen LogP contribution in [0.4, 0.5) is 0 Å². The molecule has 0 bridgehead atoms. The minimum absolute atomic E-state index is 0.299. The van der Waals surface area contributed by atoms with E-state index >= 15 is 0 Å². The molecule has 3 N–H and O–H groups in total. The van der Waals surface area contributed by atoms with Crippen molar-refractivity contribution in [1.82, 2.24) is 5.43 Å². The predicted octanol–water partition coefficient (Wildman–Crippen LogP) is 3.32. The van der Waals surface area contributed by atoms with E-state index < -0.39 is 0 Å². The van der Waals surface area contributed by atoms with Crippen molar-refractivity contribution in [1.29, 1.82) is 0 Å². The molecule has 0 aromatic carbocycles. The van der Waals surface area contributed by atoms with Crippen LogP contribution in [0.2, 0.25) is 0 Å². The van der Waals surface area contributed by atoms with Gasteiger partial charge in [0.1, 0.15) is 5.76 Å². The van der Waals surface area contributed by atoms with Crippen LogP contribution in [0, 0.1) is 0 Å². The van der Waals surface area contributed by atoms with Crippen LogP contribution in [0.1, 0.15) is 50.7 Å². The van der Waals surface area contributed by atoms with Gasteiger partial charge < -0.3 is 4.42 Å². The molecule has 1 aromatic rings. The first kappa shape index (κ1) is 13.4. The molecular weight excluding hydrogens is 224 g/mol. The highest BCUT2D eigenvalue weighted by atomic mass is 16.3. The summed E-state index contributed by atoms with van der Waals surface area (Å²) in [5, 5.41) is 0. The number of hydrogen-bond donors (Lipinski definition) is 2. The van der Waals surface area contributed by atoms with E-state index in [9.17, 15) is 0 Å². The zero-order chi connectivity index (χ0) is 12.6. The maximum Gasteiger partial charge on any atom is 0.103 e. The number of furan rings is 1. The summed E-state index contributed by atoms with van der Waals surface area (Å²) >= 11 is 0. The van der Waals surface area contributed by atoms with Crippen LogP contribution in [0.25, 0.3) is 0 Å². The van der Waals surface area contributed by atoms with Crippen molar-refractivity contribution in [2.24, 2.45) is 5.84 Å². The van der Waals surface area contributed by atoms with Gasteiger partial charge in [0, 0.05) is 12.5 Å². The largest absolute Gasteiger partial charge is 0.469 e. The lowest BCUT2D eigenvalue weighted by Crippen LogP contribution is -2.37. The molecule has 0 radical (unpaired) electrons. The molecule has 1 aliphatic carbocycles. The van der Waals surface area contributed by atoms with Crippen molar-refractivity contribution in [3.63, 3.8) is 0 Å². The van der Waals surface area contributed by atoms with Gasteiger partial charge in [0.2, 0.25) is 0 Å². The van der Waals surface area contributed by atoms with E-state index in [2.05, 4.69) is 11.5 Å². The zero-order valence-corrected chi connectivity index (χ0v) is 11.0. The van der Waals surface area contributed by atoms with Crippen LogP contribution in [0.5, 0.6) is 0 Å². The number of nitrogens with two attached hydrogens (primary N) is 1. The number of hydrogen-bond acceptors (Lipinski definition) is 3. The molecule has 2 rings (SSSR count). The molecule has 0 amide bonds. The van der Waals surface area contributed by atoms with E-state index in [1.165, 1.54) is 44.1 Å². The Kier molecular flexibility index (Phi) is 5.49. The molecule has 1 heterocycles. The van der Waals surface area contributed by atoms with Crippen LogP contribution in [-0.2, 0) is 6.42 Å². The average Bonchev–Trinajstić information content (AvgIpc) is 2.84. The van der Waals surface area contributed by atoms with Crippen LogP contribution in [-0.4, -0.2) is 6.04 Å². The van der Waals surface area contributed by atoms with Gasteiger partial charge in [-0.3, -0.25) is 11.3 Å². The van der Waals surface area contributed by atoms with Crippen molar-refractivity contribution in [3.8, 4) is 0 Å². The van der Waals surface area contributed by atoms with Crippen LogP contribution >= 0.6 is 0 Å². The molecule has 3 heteroatoms. The van der Waals surface area contributed by atoms with Crippen LogP contribution < -0.4 is 11.3 Å². The first-order valence-electron chi connectivity index (χ1n) is 7.07. The number of hydrazine groups is 1. The lowest BCUT2D eigenvalue weighted by atomic mass is 9.92. The molecule has 1 aliphatic rings. The molecule has 1 unspecified atom stereocenters. The fourth-order valence-corrected chi connectivity index (χ4v) is 2.65. The molecular formula is C15H24N2O. The molecule has 0 spiro atoms. The van der Waals surface area contributed by atoms with Gasteiger partial charge >= 0.3 is 0 Å². The first-order chi connectivity index (χ1) is 8.90. The Morgan fingerprint density at radius 1 is 1.28 bits per heavy atom. The fraction of sp³-hybridized carbons (Fsp3) is 0.600. The quantitative estimate of drug-likeness (QED) is 0.477. The standard InChI is InChI=1S/C15H24N2O/c16-17-15(11-10-14-9-6-12-18-14)13-7-4-2-1-3-5-8-13/h6-7,9,12,15,17H,1-5,8,10-11,16H2/b13-7+. The minimum Gasteiger partial charge on any atom is -0.469 e. The molecule has 1 aromatic heterocycles. The molecule has 18 heavy (non-hydrogen) atoms. The first-order valence-corrected chi connectivity index (χ1v) is 7.07. The van der Waals surface area contributed by atoms with Gasteiger partial charge in [-0.15, -0.1) is 0 Å². The Bertz CT molecular complexity index is 357. The van der Waals surface area contributed by atoms with Crippen molar-refractivity contribution < 1.29 is 4.42 Å². The Balaban J connectivity index is 1.89. The highest BCUT2D eigenvalue weighted by Crippen LogP contribution is 2.21. The second kappa shape index (κ2) is 7.39. The second-order valence-corrected chi connectivity index (χ2v) is 5.07. The summed E-state index contributed by atoms with van der Waals surface area (Å²) in [4.78, 5) is 0. The van der Waals surface area contributed by atoms with E-state index in [1.807, 2.05) is 12.1 Å². The lowest BCUT2D eigenvalue weighted by Gasteiger charge is -2.21. The normalized spacial score (nSPS) is 21.7. The monoisotopic (exact) mass is 248 g/mol. The summed E-state index contributed by atoms with van der Waals surface area (Å²) in [6.45, 7) is 0. The summed E-state index contributed by atoms with van der Waals surface area (Å²) in [6, 6.07) is 4.27. The number of rotatable bonds is 5. The Hall–Kier alpha value is -1.06. The third kappa shape index (κ3) is 4.00. The van der Waals surface area contributed by atoms with Gasteiger partial charge in [-0.25, -0.2) is 0 Å². The summed E-state index contributed by atoms with van der Waals surface area (Å²) in [7, 11) is 0. The maximum absolute atomic E-state index is 5.71. The van der Waals surface area contributed by atoms with Gasteiger partial charge in [0.25, 0.3) is 0 Å². The zero-order valence-electron chi connectivity index (χ0n) is 11.0. The lowest BCUT2D eigenvalue weighted by molar-refractivity contribution is 0.463. The van der Waals surface area contributed by atoms with E-state index in [-0.39, 0.29) is 0 Å². The fourth-order valence-electron chi connectivity index (χ4n) is 2.65. The number of aryl methyl sites for hydroxylation is 1. The minimum atomic E-state index is 0.299. The number of allylic oxidation sites excluding steroid dienone is 1. The molecule has 0 saturated carbocycles. The van der Waals surface area contributed by atoms with Crippen molar-refractivity contribution in [2.75, 3.05) is 0 Å². The molecule has 0 fully saturated rings. The van der Waals surface area contributed by atoms with E-state index in [0.29, 0.717) is 6.04 Å². The van der Waals surface area contributed by atoms with Gasteiger partial charge in [-0.2, -0.15) is 0 Å². The maximum atomic E-state index is 5.71. The second-order valence-electron chi connectivity index (χ2n) is 5.07. The van der Waals surface area contributed by atoms with E-state index in [1.54, 1.807) is 6.26 Å². The molecule has 3 nitrogen and oxygen atoms in total. The van der Waals surface area contributed by atoms with Crippen LogP contribution in [0.15, 0.2) is 34.5 Å². The van der Waals surface area contributed by atoms with Crippen molar-refractivity contribution >= 4 is 0 Å². The van der Waals surface area contributed by atoms with Crippen molar-refractivity contribution in [2.45, 2.75) is 57.4 Å². The van der Waals surface area contributed by atoms with Crippen molar-refractivity contribution in [3.05, 3.63) is 35.8 Å². The predicted molar refractivity (Wildman–Crippen MR) is 73.9 cm³/mol. The molecule has 0 aliphatic heterocycles. The van der Waals surface area contributed by atoms with Gasteiger partial charge in [-0.05, 0) is 44.2 Å². The summed E-state index contributed by atoms with van der Waals surface area (Å²) in [5.74, 6) is 6.75. The Morgan fingerprint density at radius 3 is 2.94 bits per heavy atom. The Labute approximate surface area is 109 Å². The summed E-state index contributed by atoms with van der Waals surface area (Å²) in [6.07, 6.45) is 13.8. The van der Waals surface area contributed by atoms with Crippen LogP contribution in [0.3, 0.4) is 0 Å². The molecule has 1 atom stereocenters. The summed E-state index contributed by atoms with van der Waals surface area (Å²) < 4.78 is 5.37. The van der Waals surface area contributed by atoms with Gasteiger partial charge in [0.15, 0.2) is 0 Å². The smallest absolute Gasteiger partial charge is 0.103 e. The van der Waals surface area contributed by atoms with Gasteiger partial charge in [0.05, 0.1) is 6.26 Å².